The SMILES string of the molecule is COc1ccc2c(c1OC)C(=O)N1C(C(=O)NCc3ccc(F)cc3)CSC21. The fourth-order valence-corrected chi connectivity index (χ4v) is 5.06. The maximum atomic E-state index is 13.1. The van der Waals surface area contributed by atoms with Crippen molar-refractivity contribution in [1.29, 1.82) is 0 Å². The van der Waals surface area contributed by atoms with Crippen molar-refractivity contribution in [3.63, 3.8) is 0 Å². The third-order valence-electron chi connectivity index (χ3n) is 4.98. The summed E-state index contributed by atoms with van der Waals surface area (Å²) in [4.78, 5) is 27.5. The van der Waals surface area contributed by atoms with Crippen LogP contribution in [-0.2, 0) is 11.3 Å². The van der Waals surface area contributed by atoms with Gasteiger partial charge in [0.25, 0.3) is 5.91 Å². The van der Waals surface area contributed by atoms with Crippen LogP contribution in [0.1, 0.15) is 26.9 Å². The molecular weight excluding hydrogens is 383 g/mol. The minimum atomic E-state index is -0.578. The number of hydrogen-bond acceptors (Lipinski definition) is 5. The van der Waals surface area contributed by atoms with Crippen molar-refractivity contribution >= 4 is 23.6 Å². The van der Waals surface area contributed by atoms with Crippen molar-refractivity contribution in [3.05, 3.63) is 58.9 Å². The first kappa shape index (κ1) is 18.6. The topological polar surface area (TPSA) is 67.9 Å². The second-order valence-electron chi connectivity index (χ2n) is 6.52. The van der Waals surface area contributed by atoms with Gasteiger partial charge < -0.3 is 19.7 Å². The van der Waals surface area contributed by atoms with Gasteiger partial charge in [-0.2, -0.15) is 0 Å². The Kier molecular flexibility index (Phi) is 4.89. The van der Waals surface area contributed by atoms with Gasteiger partial charge in [-0.05, 0) is 23.8 Å². The van der Waals surface area contributed by atoms with Gasteiger partial charge in [0.2, 0.25) is 5.91 Å². The summed E-state index contributed by atoms with van der Waals surface area (Å²) in [6, 6.07) is 8.99. The number of rotatable bonds is 5. The number of ether oxygens (including phenoxy) is 2. The molecule has 146 valence electrons. The summed E-state index contributed by atoms with van der Waals surface area (Å²) in [5.74, 6) is 0.604. The monoisotopic (exact) mass is 402 g/mol. The molecule has 1 fully saturated rings. The summed E-state index contributed by atoms with van der Waals surface area (Å²) < 4.78 is 23.7. The largest absolute Gasteiger partial charge is 0.493 e. The van der Waals surface area contributed by atoms with Crippen molar-refractivity contribution < 1.29 is 23.5 Å². The molecule has 2 atom stereocenters. The Morgan fingerprint density at radius 3 is 2.64 bits per heavy atom. The molecule has 2 heterocycles. The number of halogens is 1. The van der Waals surface area contributed by atoms with Crippen LogP contribution in [0.25, 0.3) is 0 Å². The highest BCUT2D eigenvalue weighted by molar-refractivity contribution is 7.99. The van der Waals surface area contributed by atoms with Gasteiger partial charge in [0, 0.05) is 17.9 Å². The minimum absolute atomic E-state index is 0.219. The number of fused-ring (bicyclic) bond motifs is 3. The average Bonchev–Trinajstić information content (AvgIpc) is 3.26. The molecule has 0 aliphatic carbocycles. The van der Waals surface area contributed by atoms with Crippen molar-refractivity contribution in [1.82, 2.24) is 10.2 Å². The van der Waals surface area contributed by atoms with Crippen LogP contribution in [0.2, 0.25) is 0 Å². The van der Waals surface area contributed by atoms with Crippen LogP contribution in [0.4, 0.5) is 4.39 Å². The zero-order chi connectivity index (χ0) is 19.8. The highest BCUT2D eigenvalue weighted by Gasteiger charge is 2.50. The Labute approximate surface area is 166 Å². The first-order valence-corrected chi connectivity index (χ1v) is 9.81. The summed E-state index contributed by atoms with van der Waals surface area (Å²) >= 11 is 1.55. The van der Waals surface area contributed by atoms with E-state index in [0.29, 0.717) is 22.8 Å². The van der Waals surface area contributed by atoms with E-state index in [1.165, 1.54) is 26.4 Å². The third-order valence-corrected chi connectivity index (χ3v) is 6.28. The molecule has 0 saturated carbocycles. The third kappa shape index (κ3) is 2.97. The summed E-state index contributed by atoms with van der Waals surface area (Å²) in [5, 5.41) is 2.63. The second-order valence-corrected chi connectivity index (χ2v) is 7.64. The van der Waals surface area contributed by atoms with E-state index in [2.05, 4.69) is 5.32 Å². The number of methoxy groups -OCH3 is 2. The lowest BCUT2D eigenvalue weighted by Crippen LogP contribution is -2.45. The molecule has 28 heavy (non-hydrogen) atoms. The Balaban J connectivity index is 1.54. The highest BCUT2D eigenvalue weighted by Crippen LogP contribution is 2.52. The molecule has 1 saturated heterocycles. The van der Waals surface area contributed by atoms with Crippen LogP contribution in [0.15, 0.2) is 36.4 Å². The van der Waals surface area contributed by atoms with E-state index in [-0.39, 0.29) is 29.6 Å². The molecule has 8 heteroatoms. The molecule has 6 nitrogen and oxygen atoms in total. The van der Waals surface area contributed by atoms with Gasteiger partial charge in [-0.1, -0.05) is 18.2 Å². The van der Waals surface area contributed by atoms with Gasteiger partial charge in [-0.25, -0.2) is 4.39 Å². The van der Waals surface area contributed by atoms with E-state index in [9.17, 15) is 14.0 Å². The minimum Gasteiger partial charge on any atom is -0.493 e. The molecule has 2 aliphatic rings. The Morgan fingerprint density at radius 1 is 1.21 bits per heavy atom. The number of benzene rings is 2. The van der Waals surface area contributed by atoms with Crippen LogP contribution in [-0.4, -0.2) is 42.7 Å². The average molecular weight is 402 g/mol. The highest BCUT2D eigenvalue weighted by atomic mass is 32.2. The Hall–Kier alpha value is -2.74. The molecule has 2 amide bonds. The summed E-state index contributed by atoms with van der Waals surface area (Å²) in [5.41, 5.74) is 2.08. The fourth-order valence-electron chi connectivity index (χ4n) is 3.60. The van der Waals surface area contributed by atoms with E-state index < -0.39 is 6.04 Å². The summed E-state index contributed by atoms with van der Waals surface area (Å²) in [6.07, 6.45) is 0. The number of carbonyl (C=O) groups is 2. The molecular formula is C20H19FN2O4S. The van der Waals surface area contributed by atoms with Gasteiger partial charge in [-0.3, -0.25) is 9.59 Å². The predicted molar refractivity (Wildman–Crippen MR) is 103 cm³/mol. The van der Waals surface area contributed by atoms with Crippen molar-refractivity contribution in [3.8, 4) is 11.5 Å². The van der Waals surface area contributed by atoms with Crippen LogP contribution < -0.4 is 14.8 Å². The van der Waals surface area contributed by atoms with Crippen LogP contribution in [0.3, 0.4) is 0 Å². The van der Waals surface area contributed by atoms with Crippen LogP contribution in [0.5, 0.6) is 11.5 Å². The van der Waals surface area contributed by atoms with Gasteiger partial charge in [-0.15, -0.1) is 11.8 Å². The number of nitrogens with zero attached hydrogens (tertiary/aromatic N) is 1. The molecule has 0 radical (unpaired) electrons. The normalized spacial score (nSPS) is 20.0. The number of hydrogen-bond donors (Lipinski definition) is 1. The van der Waals surface area contributed by atoms with Crippen molar-refractivity contribution in [2.24, 2.45) is 0 Å². The van der Waals surface area contributed by atoms with E-state index >= 15 is 0 Å². The molecule has 2 aromatic rings. The summed E-state index contributed by atoms with van der Waals surface area (Å²) in [7, 11) is 3.01. The molecule has 1 N–H and O–H groups in total. The molecule has 0 spiro atoms. The number of carbonyl (C=O) groups excluding carboxylic acids is 2. The Morgan fingerprint density at radius 2 is 1.96 bits per heavy atom. The van der Waals surface area contributed by atoms with Gasteiger partial charge >= 0.3 is 0 Å². The zero-order valence-electron chi connectivity index (χ0n) is 15.4. The lowest BCUT2D eigenvalue weighted by Gasteiger charge is -2.22. The molecule has 2 aliphatic heterocycles. The first-order chi connectivity index (χ1) is 13.5. The van der Waals surface area contributed by atoms with Gasteiger partial charge in [0.05, 0.1) is 19.8 Å². The number of amides is 2. The lowest BCUT2D eigenvalue weighted by molar-refractivity contribution is -0.124. The first-order valence-electron chi connectivity index (χ1n) is 8.76. The van der Waals surface area contributed by atoms with Crippen LogP contribution in [0, 0.1) is 5.82 Å². The molecule has 2 aromatic carbocycles. The summed E-state index contributed by atoms with van der Waals surface area (Å²) in [6.45, 7) is 0.275. The van der Waals surface area contributed by atoms with E-state index in [1.807, 2.05) is 6.07 Å². The van der Waals surface area contributed by atoms with Gasteiger partial charge in [0.1, 0.15) is 17.2 Å². The van der Waals surface area contributed by atoms with E-state index in [1.54, 1.807) is 34.9 Å². The quantitative estimate of drug-likeness (QED) is 0.833. The van der Waals surface area contributed by atoms with E-state index in [4.69, 9.17) is 9.47 Å². The molecule has 0 aromatic heterocycles. The number of nitrogens with one attached hydrogen (secondary N) is 1. The number of thioether (sulfide) groups is 1. The zero-order valence-corrected chi connectivity index (χ0v) is 16.2. The van der Waals surface area contributed by atoms with Crippen molar-refractivity contribution in [2.45, 2.75) is 18.0 Å². The standard InChI is InChI=1S/C20H19FN2O4S/c1-26-15-8-7-13-16(17(15)27-2)19(25)23-14(10-28-20(13)23)18(24)22-9-11-3-5-12(21)6-4-11/h3-8,14,20H,9-10H2,1-2H3,(H,22,24). The molecule has 4 rings (SSSR count). The fraction of sp³-hybridized carbons (Fsp3) is 0.300. The second kappa shape index (κ2) is 7.35. The van der Waals surface area contributed by atoms with Gasteiger partial charge in [0.15, 0.2) is 11.5 Å². The maximum absolute atomic E-state index is 13.1. The van der Waals surface area contributed by atoms with Crippen molar-refractivity contribution in [2.75, 3.05) is 20.0 Å². The van der Waals surface area contributed by atoms with E-state index in [0.717, 1.165) is 11.1 Å². The molecule has 0 bridgehead atoms. The van der Waals surface area contributed by atoms with Crippen LogP contribution >= 0.6 is 11.8 Å². The Bertz CT molecular complexity index is 935. The maximum Gasteiger partial charge on any atom is 0.260 e. The lowest BCUT2D eigenvalue weighted by atomic mass is 10.1. The smallest absolute Gasteiger partial charge is 0.260 e. The predicted octanol–water partition coefficient (Wildman–Crippen LogP) is 2.73. The molecule has 2 unspecified atom stereocenters.